The molecule has 2 N–H and O–H groups in total. The van der Waals surface area contributed by atoms with Gasteiger partial charge in [0.25, 0.3) is 0 Å². The van der Waals surface area contributed by atoms with Crippen molar-refractivity contribution in [1.29, 1.82) is 0 Å². The molecule has 3 heteroatoms. The van der Waals surface area contributed by atoms with E-state index in [1.54, 1.807) is 6.92 Å². The summed E-state index contributed by atoms with van der Waals surface area (Å²) in [6.45, 7) is 1.72. The van der Waals surface area contributed by atoms with Crippen molar-refractivity contribution >= 4 is 11.7 Å². The summed E-state index contributed by atoms with van der Waals surface area (Å²) in [7, 11) is 0. The number of ketones is 1. The maximum Gasteiger partial charge on any atom is 0.217 e. The van der Waals surface area contributed by atoms with Crippen molar-refractivity contribution < 1.29 is 9.59 Å². The molecule has 0 aliphatic heterocycles. The van der Waals surface area contributed by atoms with E-state index in [9.17, 15) is 9.59 Å². The molecule has 0 radical (unpaired) electrons. The molecule has 0 saturated heterocycles. The Hall–Kier alpha value is -2.16. The maximum absolute atomic E-state index is 11.5. The van der Waals surface area contributed by atoms with Crippen molar-refractivity contribution in [3.63, 3.8) is 0 Å². The number of allylic oxidation sites excluding steroid dienone is 4. The Bertz CT molecular complexity index is 487. The van der Waals surface area contributed by atoms with Crippen LogP contribution >= 0.6 is 0 Å². The van der Waals surface area contributed by atoms with Gasteiger partial charge in [-0.3, -0.25) is 9.59 Å². The van der Waals surface area contributed by atoms with Crippen LogP contribution in [0.25, 0.3) is 0 Å². The molecule has 0 heterocycles. The molecule has 19 heavy (non-hydrogen) atoms. The third-order valence-electron chi connectivity index (χ3n) is 2.68. The first-order valence-corrected chi connectivity index (χ1v) is 6.34. The fourth-order valence-electron chi connectivity index (χ4n) is 1.56. The van der Waals surface area contributed by atoms with E-state index in [0.29, 0.717) is 12.8 Å². The Balaban J connectivity index is 0.000000312. The highest BCUT2D eigenvalue weighted by molar-refractivity contribution is 5.98. The van der Waals surface area contributed by atoms with Gasteiger partial charge in [0, 0.05) is 19.3 Å². The van der Waals surface area contributed by atoms with Crippen molar-refractivity contribution in [2.75, 3.05) is 0 Å². The van der Waals surface area contributed by atoms with E-state index in [1.807, 2.05) is 48.6 Å². The molecule has 1 amide bonds. The second kappa shape index (κ2) is 8.03. The monoisotopic (exact) mass is 257 g/mol. The standard InChI is InChI=1S/C13H12O.C3H7NO/c14-13-9-5-4-8-12(13)10-11-6-2-1-3-7-11;1-2-3(4)5/h1-8H,9-10H2;2H2,1H3,(H2,4,5). The first-order valence-electron chi connectivity index (χ1n) is 6.34. The van der Waals surface area contributed by atoms with Gasteiger partial charge in [-0.2, -0.15) is 0 Å². The topological polar surface area (TPSA) is 60.2 Å². The van der Waals surface area contributed by atoms with Crippen molar-refractivity contribution in [3.05, 3.63) is 59.7 Å². The third kappa shape index (κ3) is 5.82. The van der Waals surface area contributed by atoms with Gasteiger partial charge in [0.1, 0.15) is 0 Å². The fraction of sp³-hybridized carbons (Fsp3) is 0.250. The van der Waals surface area contributed by atoms with Crippen LogP contribution < -0.4 is 5.73 Å². The Kier molecular flexibility index (Phi) is 6.30. The molecular weight excluding hydrogens is 238 g/mol. The third-order valence-corrected chi connectivity index (χ3v) is 2.68. The lowest BCUT2D eigenvalue weighted by molar-refractivity contribution is -0.117. The predicted molar refractivity (Wildman–Crippen MR) is 76.5 cm³/mol. The molecule has 0 unspecified atom stereocenters. The number of rotatable bonds is 3. The maximum atomic E-state index is 11.5. The molecule has 0 saturated carbocycles. The lowest BCUT2D eigenvalue weighted by atomic mass is 9.97. The van der Waals surface area contributed by atoms with Crippen LogP contribution in [0.5, 0.6) is 0 Å². The van der Waals surface area contributed by atoms with Gasteiger partial charge >= 0.3 is 0 Å². The van der Waals surface area contributed by atoms with Crippen LogP contribution in [0.3, 0.4) is 0 Å². The molecule has 1 aromatic carbocycles. The molecule has 2 rings (SSSR count). The first-order chi connectivity index (χ1) is 9.13. The smallest absolute Gasteiger partial charge is 0.217 e. The van der Waals surface area contributed by atoms with Gasteiger partial charge < -0.3 is 5.73 Å². The van der Waals surface area contributed by atoms with Crippen LogP contribution in [0.1, 0.15) is 25.3 Å². The Morgan fingerprint density at radius 1 is 1.26 bits per heavy atom. The van der Waals surface area contributed by atoms with Gasteiger partial charge in [-0.05, 0) is 11.1 Å². The van der Waals surface area contributed by atoms with E-state index in [1.165, 1.54) is 5.56 Å². The summed E-state index contributed by atoms with van der Waals surface area (Å²) in [4.78, 5) is 21.1. The van der Waals surface area contributed by atoms with Gasteiger partial charge in [0.05, 0.1) is 0 Å². The molecule has 100 valence electrons. The van der Waals surface area contributed by atoms with Crippen LogP contribution in [-0.4, -0.2) is 11.7 Å². The van der Waals surface area contributed by atoms with E-state index >= 15 is 0 Å². The summed E-state index contributed by atoms with van der Waals surface area (Å²) in [5.74, 6) is 0.00125. The Morgan fingerprint density at radius 2 is 1.89 bits per heavy atom. The molecule has 1 aromatic rings. The zero-order chi connectivity index (χ0) is 14.1. The zero-order valence-electron chi connectivity index (χ0n) is 11.1. The summed E-state index contributed by atoms with van der Waals surface area (Å²) in [5.41, 5.74) is 6.76. The second-order valence-electron chi connectivity index (χ2n) is 4.23. The average Bonchev–Trinajstić information content (AvgIpc) is 2.43. The van der Waals surface area contributed by atoms with Crippen molar-refractivity contribution in [2.45, 2.75) is 26.2 Å². The van der Waals surface area contributed by atoms with E-state index in [2.05, 4.69) is 5.73 Å². The Labute approximate surface area is 113 Å². The van der Waals surface area contributed by atoms with E-state index in [0.717, 1.165) is 12.0 Å². The number of carbonyl (C=O) groups excluding carboxylic acids is 2. The number of benzene rings is 1. The summed E-state index contributed by atoms with van der Waals surface area (Å²) in [5, 5.41) is 0. The number of Topliss-reactive ketones (excluding diaryl/α,β-unsaturated/α-hetero) is 1. The van der Waals surface area contributed by atoms with Crippen LogP contribution in [-0.2, 0) is 16.0 Å². The van der Waals surface area contributed by atoms with E-state index < -0.39 is 0 Å². The molecule has 1 aliphatic rings. The van der Waals surface area contributed by atoms with Gasteiger partial charge in [0.2, 0.25) is 5.91 Å². The number of primary amides is 1. The van der Waals surface area contributed by atoms with Crippen LogP contribution in [0.4, 0.5) is 0 Å². The Morgan fingerprint density at radius 3 is 2.42 bits per heavy atom. The minimum absolute atomic E-state index is 0.245. The normalized spacial score (nSPS) is 13.3. The largest absolute Gasteiger partial charge is 0.370 e. The highest BCUT2D eigenvalue weighted by Crippen LogP contribution is 2.13. The van der Waals surface area contributed by atoms with Crippen molar-refractivity contribution in [2.24, 2.45) is 5.73 Å². The summed E-state index contributed by atoms with van der Waals surface area (Å²) < 4.78 is 0. The van der Waals surface area contributed by atoms with Gasteiger partial charge in [-0.1, -0.05) is 55.5 Å². The highest BCUT2D eigenvalue weighted by atomic mass is 16.1. The molecule has 0 bridgehead atoms. The zero-order valence-corrected chi connectivity index (χ0v) is 11.1. The van der Waals surface area contributed by atoms with Crippen LogP contribution in [0, 0.1) is 0 Å². The molecular formula is C16H19NO2. The molecule has 3 nitrogen and oxygen atoms in total. The highest BCUT2D eigenvalue weighted by Gasteiger charge is 2.10. The van der Waals surface area contributed by atoms with E-state index in [4.69, 9.17) is 0 Å². The van der Waals surface area contributed by atoms with Gasteiger partial charge in [-0.15, -0.1) is 0 Å². The second-order valence-corrected chi connectivity index (χ2v) is 4.23. The first kappa shape index (κ1) is 14.9. The quantitative estimate of drug-likeness (QED) is 0.904. The molecule has 0 spiro atoms. The lowest BCUT2D eigenvalue weighted by Crippen LogP contribution is -2.06. The lowest BCUT2D eigenvalue weighted by Gasteiger charge is -2.07. The number of hydrogen-bond donors (Lipinski definition) is 1. The number of hydrogen-bond acceptors (Lipinski definition) is 2. The number of amides is 1. The van der Waals surface area contributed by atoms with Crippen LogP contribution in [0.2, 0.25) is 0 Å². The molecule has 0 aromatic heterocycles. The van der Waals surface area contributed by atoms with Gasteiger partial charge in [-0.25, -0.2) is 0 Å². The SMILES string of the molecule is CCC(N)=O.O=C1CC=CC=C1Cc1ccccc1. The summed E-state index contributed by atoms with van der Waals surface area (Å²) >= 11 is 0. The summed E-state index contributed by atoms with van der Waals surface area (Å²) in [6.07, 6.45) is 7.53. The van der Waals surface area contributed by atoms with Crippen molar-refractivity contribution in [1.82, 2.24) is 0 Å². The van der Waals surface area contributed by atoms with Crippen LogP contribution in [0.15, 0.2) is 54.1 Å². The molecule has 1 aliphatic carbocycles. The average molecular weight is 257 g/mol. The fourth-order valence-corrected chi connectivity index (χ4v) is 1.56. The number of carbonyl (C=O) groups is 2. The summed E-state index contributed by atoms with van der Waals surface area (Å²) in [6, 6.07) is 10.1. The predicted octanol–water partition coefficient (Wildman–Crippen LogP) is 2.57. The van der Waals surface area contributed by atoms with E-state index in [-0.39, 0.29) is 11.7 Å². The minimum atomic E-state index is -0.245. The van der Waals surface area contributed by atoms with Crippen molar-refractivity contribution in [3.8, 4) is 0 Å². The number of nitrogens with two attached hydrogens (primary N) is 1. The minimum Gasteiger partial charge on any atom is -0.370 e. The van der Waals surface area contributed by atoms with Gasteiger partial charge in [0.15, 0.2) is 5.78 Å². The molecule has 0 fully saturated rings. The molecule has 0 atom stereocenters.